The molecule has 45 heavy (non-hydrogen) atoms. The summed E-state index contributed by atoms with van der Waals surface area (Å²) in [7, 11) is 1.92. The number of rotatable bonds is 1. The zero-order valence-electron chi connectivity index (χ0n) is 24.3. The molecule has 0 aliphatic heterocycles. The number of benzene rings is 3. The topological polar surface area (TPSA) is 89.4 Å². The Bertz CT molecular complexity index is 2190. The van der Waals surface area contributed by atoms with Crippen molar-refractivity contribution in [1.82, 2.24) is 29.9 Å². The van der Waals surface area contributed by atoms with Crippen LogP contribution in [0.25, 0.3) is 65.4 Å². The van der Waals surface area contributed by atoms with Crippen molar-refractivity contribution in [3.05, 3.63) is 140 Å². The maximum atomic E-state index is 4.42. The van der Waals surface area contributed by atoms with Gasteiger partial charge in [0.2, 0.25) is 0 Å². The summed E-state index contributed by atoms with van der Waals surface area (Å²) in [4.78, 5) is 26.2. The van der Waals surface area contributed by atoms with Crippen molar-refractivity contribution in [2.45, 2.75) is 0 Å². The third-order valence-corrected chi connectivity index (χ3v) is 7.42. The third-order valence-electron chi connectivity index (χ3n) is 7.42. The van der Waals surface area contributed by atoms with Gasteiger partial charge >= 0.3 is 0 Å². The Morgan fingerprint density at radius 1 is 0.378 bits per heavy atom. The van der Waals surface area contributed by atoms with Gasteiger partial charge in [0.25, 0.3) is 0 Å². The van der Waals surface area contributed by atoms with E-state index in [2.05, 4.69) is 102 Å². The summed E-state index contributed by atoms with van der Waals surface area (Å²) in [6, 6.07) is 34.4. The van der Waals surface area contributed by atoms with Gasteiger partial charge in [-0.05, 0) is 48.5 Å². The summed E-state index contributed by atoms with van der Waals surface area (Å²) in [5.74, 6) is 0. The van der Waals surface area contributed by atoms with Crippen molar-refractivity contribution >= 4 is 71.1 Å². The zero-order valence-corrected chi connectivity index (χ0v) is 26.1. The molecule has 0 bridgehead atoms. The molecule has 0 spiro atoms. The molecule has 0 amide bonds. The number of nitrogens with one attached hydrogen (secondary N) is 1. The smallest absolute Gasteiger partial charge is 0.0985 e. The van der Waals surface area contributed by atoms with Crippen LogP contribution in [-0.4, -0.2) is 37.0 Å². The monoisotopic (exact) mass is 671 g/mol. The number of hydrogen-bond acceptors (Lipinski definition) is 7. The van der Waals surface area contributed by atoms with Crippen LogP contribution in [0.3, 0.4) is 0 Å². The van der Waals surface area contributed by atoms with Gasteiger partial charge in [0.05, 0.1) is 33.1 Å². The summed E-state index contributed by atoms with van der Waals surface area (Å²) in [6.07, 6.45) is 10.8. The van der Waals surface area contributed by atoms with Gasteiger partial charge in [-0.15, -0.1) is 0 Å². The Morgan fingerprint density at radius 2 is 0.689 bits per heavy atom. The van der Waals surface area contributed by atoms with Gasteiger partial charge in [-0.1, -0.05) is 54.6 Å². The Balaban J connectivity index is 0.000000118. The number of nitrogens with zero attached hydrogens (tertiary/aromatic N) is 6. The third kappa shape index (κ3) is 6.01. The summed E-state index contributed by atoms with van der Waals surface area (Å²) in [6.45, 7) is 0. The van der Waals surface area contributed by atoms with E-state index in [0.29, 0.717) is 0 Å². The average molecular weight is 671 g/mol. The van der Waals surface area contributed by atoms with Crippen LogP contribution < -0.4 is 5.32 Å². The first-order valence-corrected chi connectivity index (χ1v) is 14.3. The molecule has 8 heteroatoms. The summed E-state index contributed by atoms with van der Waals surface area (Å²) in [5.41, 5.74) is 6.90. The molecule has 0 unspecified atom stereocenters. The van der Waals surface area contributed by atoms with Crippen LogP contribution in [0.4, 0.5) is 5.69 Å². The normalized spacial score (nSPS) is 10.6. The van der Waals surface area contributed by atoms with Gasteiger partial charge in [0, 0.05) is 102 Å². The van der Waals surface area contributed by atoms with E-state index >= 15 is 0 Å². The predicted molar refractivity (Wildman–Crippen MR) is 181 cm³/mol. The largest absolute Gasteiger partial charge is 0.388 e. The van der Waals surface area contributed by atoms with E-state index in [9.17, 15) is 0 Å². The van der Waals surface area contributed by atoms with Crippen LogP contribution in [0.15, 0.2) is 140 Å². The Labute approximate surface area is 272 Å². The minimum absolute atomic E-state index is 0. The summed E-state index contributed by atoms with van der Waals surface area (Å²) >= 11 is 0. The number of anilines is 1. The Kier molecular flexibility index (Phi) is 8.85. The first kappa shape index (κ1) is 29.6. The Hall–Kier alpha value is -5.46. The molecule has 0 aliphatic rings. The molecule has 0 saturated carbocycles. The molecule has 0 radical (unpaired) electrons. The number of aromatic nitrogens is 6. The maximum Gasteiger partial charge on any atom is 0.0985 e. The molecule has 3 aromatic carbocycles. The van der Waals surface area contributed by atoms with E-state index in [1.165, 1.54) is 0 Å². The van der Waals surface area contributed by atoms with Gasteiger partial charge in [0.15, 0.2) is 0 Å². The SMILES string of the molecule is CNc1cc2cccnc2c2ncccc12.[Ru].c1cnc2c(c1)ccc1cccnc12.c1cnc2c(c1)ccc1cccnc12. The standard InChI is InChI=1S/C13H11N3.2C12H8N2.Ru/c1-14-11-8-9-4-2-6-15-12(9)13-10(11)5-3-7-16-13;2*1-3-9-5-6-10-4-2-8-14-12(10)11(9)13-7-1;/h2-8,14H,1H3;2*1-8H;. The van der Waals surface area contributed by atoms with Gasteiger partial charge in [-0.2, -0.15) is 0 Å². The number of hydrogen-bond donors (Lipinski definition) is 1. The molecule has 9 aromatic rings. The van der Waals surface area contributed by atoms with E-state index < -0.39 is 0 Å². The van der Waals surface area contributed by atoms with Crippen LogP contribution in [0.2, 0.25) is 0 Å². The van der Waals surface area contributed by atoms with Gasteiger partial charge in [0.1, 0.15) is 0 Å². The maximum absolute atomic E-state index is 4.42. The average Bonchev–Trinajstić information content (AvgIpc) is 3.12. The van der Waals surface area contributed by atoms with Crippen molar-refractivity contribution in [2.24, 2.45) is 0 Å². The second-order valence-corrected chi connectivity index (χ2v) is 10.1. The molecule has 0 fully saturated rings. The first-order valence-electron chi connectivity index (χ1n) is 14.3. The molecular formula is C37H27N7Ru. The molecule has 6 aromatic heterocycles. The zero-order chi connectivity index (χ0) is 29.7. The molecule has 0 aliphatic carbocycles. The van der Waals surface area contributed by atoms with E-state index in [4.69, 9.17) is 0 Å². The molecule has 0 saturated heterocycles. The van der Waals surface area contributed by atoms with Crippen molar-refractivity contribution in [1.29, 1.82) is 0 Å². The fourth-order valence-electron chi connectivity index (χ4n) is 5.34. The second kappa shape index (κ2) is 13.5. The van der Waals surface area contributed by atoms with E-state index in [1.807, 2.05) is 43.4 Å². The first-order chi connectivity index (χ1) is 21.8. The molecule has 218 valence electrons. The van der Waals surface area contributed by atoms with Crippen molar-refractivity contribution in [3.8, 4) is 0 Å². The van der Waals surface area contributed by atoms with Crippen LogP contribution in [-0.2, 0) is 19.5 Å². The summed E-state index contributed by atoms with van der Waals surface area (Å²) < 4.78 is 0. The van der Waals surface area contributed by atoms with Crippen LogP contribution >= 0.6 is 0 Å². The van der Waals surface area contributed by atoms with Crippen LogP contribution in [0, 0.1) is 0 Å². The predicted octanol–water partition coefficient (Wildman–Crippen LogP) is 8.39. The molecule has 1 N–H and O–H groups in total. The van der Waals surface area contributed by atoms with Gasteiger partial charge in [-0.25, -0.2) is 0 Å². The molecule has 7 nitrogen and oxygen atoms in total. The molecule has 9 rings (SSSR count). The van der Waals surface area contributed by atoms with Crippen molar-refractivity contribution in [2.75, 3.05) is 12.4 Å². The van der Waals surface area contributed by atoms with E-state index in [-0.39, 0.29) is 19.5 Å². The van der Waals surface area contributed by atoms with Crippen LogP contribution in [0.5, 0.6) is 0 Å². The second-order valence-electron chi connectivity index (χ2n) is 10.1. The Morgan fingerprint density at radius 3 is 1.07 bits per heavy atom. The van der Waals surface area contributed by atoms with Gasteiger partial charge in [-0.3, -0.25) is 29.9 Å². The van der Waals surface area contributed by atoms with E-state index in [1.54, 1.807) is 37.2 Å². The van der Waals surface area contributed by atoms with Gasteiger partial charge < -0.3 is 5.32 Å². The van der Waals surface area contributed by atoms with Crippen molar-refractivity contribution in [3.63, 3.8) is 0 Å². The van der Waals surface area contributed by atoms with Crippen molar-refractivity contribution < 1.29 is 19.5 Å². The fraction of sp³-hybridized carbons (Fsp3) is 0.0270. The minimum atomic E-state index is 0. The summed E-state index contributed by atoms with van der Waals surface area (Å²) in [5, 5.41) is 9.96. The minimum Gasteiger partial charge on any atom is -0.388 e. The van der Waals surface area contributed by atoms with Crippen LogP contribution in [0.1, 0.15) is 0 Å². The molecule has 0 atom stereocenters. The molecular weight excluding hydrogens is 644 g/mol. The van der Waals surface area contributed by atoms with E-state index in [0.717, 1.165) is 71.1 Å². The number of pyridine rings is 6. The number of fused-ring (bicyclic) bond motifs is 9. The quantitative estimate of drug-likeness (QED) is 0.139. The fourth-order valence-corrected chi connectivity index (χ4v) is 5.34. The molecule has 6 heterocycles.